The lowest BCUT2D eigenvalue weighted by Gasteiger charge is -2.26. The zero-order valence-corrected chi connectivity index (χ0v) is 36.2. The molecule has 1 aliphatic heterocycles. The second-order valence-electron chi connectivity index (χ2n) is 13.5. The molecule has 1 atom stereocenters. The summed E-state index contributed by atoms with van der Waals surface area (Å²) in [5.74, 6) is -6.94. The molecule has 1 fully saturated rings. The van der Waals surface area contributed by atoms with Gasteiger partial charge in [0.15, 0.2) is 0 Å². The number of hydrogen-bond donors (Lipinski definition) is 3. The molecule has 3 N–H and O–H groups in total. The molecule has 1 saturated heterocycles. The van der Waals surface area contributed by atoms with Crippen LogP contribution < -0.4 is 29.9 Å². The maximum absolute atomic E-state index is 13.0. The molecule has 0 aliphatic carbocycles. The molecule has 1 amide bonds. The molecule has 0 radical (unpaired) electrons. The van der Waals surface area contributed by atoms with E-state index in [2.05, 4.69) is 20.1 Å². The number of esters is 8. The van der Waals surface area contributed by atoms with Gasteiger partial charge in [0.2, 0.25) is 33.5 Å². The number of carbonyl (C=O) groups excluding carboxylic acids is 9. The van der Waals surface area contributed by atoms with Crippen molar-refractivity contribution in [3.63, 3.8) is 0 Å². The molecule has 0 spiro atoms. The van der Waals surface area contributed by atoms with Gasteiger partial charge < -0.3 is 77.3 Å². The number of nitrogens with one attached hydrogen (secondary N) is 2. The predicted octanol–water partition coefficient (Wildman–Crippen LogP) is 0.403. The molecule has 0 saturated carbocycles. The third-order valence-electron chi connectivity index (χ3n) is 8.31. The lowest BCUT2D eigenvalue weighted by molar-refractivity contribution is -0.167. The number of rotatable bonds is 24. The van der Waals surface area contributed by atoms with Crippen LogP contribution in [0.2, 0.25) is 0 Å². The van der Waals surface area contributed by atoms with Crippen molar-refractivity contribution in [3.8, 4) is 11.5 Å². The summed E-state index contributed by atoms with van der Waals surface area (Å²) in [5.41, 5.74) is 1.07. The van der Waals surface area contributed by atoms with Gasteiger partial charge in [-0.3, -0.25) is 43.2 Å². The van der Waals surface area contributed by atoms with E-state index in [1.807, 2.05) is 0 Å². The number of fused-ring (bicyclic) bond motifs is 1. The van der Waals surface area contributed by atoms with Gasteiger partial charge in [0.1, 0.15) is 67.9 Å². The van der Waals surface area contributed by atoms with Gasteiger partial charge in [0.05, 0.1) is 11.4 Å². The van der Waals surface area contributed by atoms with Crippen molar-refractivity contribution < 1.29 is 100 Å². The Morgan fingerprint density at radius 2 is 1.05 bits per heavy atom. The van der Waals surface area contributed by atoms with Crippen LogP contribution in [0.25, 0.3) is 17.0 Å². The number of aliphatic hydroxyl groups excluding tert-OH is 1. The minimum Gasteiger partial charge on any atom is -0.488 e. The highest BCUT2D eigenvalue weighted by molar-refractivity contribution is 5.99. The van der Waals surface area contributed by atoms with E-state index in [1.54, 1.807) is 25.1 Å². The van der Waals surface area contributed by atoms with Crippen LogP contribution in [0, 0.1) is 6.92 Å². The molecule has 356 valence electrons. The number of nitrogens with zero attached hydrogens (tertiary/aromatic N) is 2. The van der Waals surface area contributed by atoms with Crippen molar-refractivity contribution in [1.29, 1.82) is 0 Å². The van der Waals surface area contributed by atoms with Crippen LogP contribution in [0.5, 0.6) is 11.5 Å². The van der Waals surface area contributed by atoms with Crippen molar-refractivity contribution in [3.05, 3.63) is 53.4 Å². The Bertz CT molecular complexity index is 2260. The Kier molecular flexibility index (Phi) is 18.9. The third-order valence-corrected chi connectivity index (χ3v) is 8.31. The Morgan fingerprint density at radius 1 is 0.606 bits per heavy atom. The van der Waals surface area contributed by atoms with Gasteiger partial charge in [0.25, 0.3) is 5.91 Å². The molecular weight excluding hydrogens is 884 g/mol. The molecule has 25 heteroatoms. The standard InChI is InChI=1S/C41H46N4O21/c1-23-6-7-31(44(15-36(50)62-19-58-24(2)46)16-37(51)63-20-59-25(3)47)34(10-23)56-8-9-57-35-12-28-11-29(13-30-40(54)43-41(55)42-30)66-33(28)14-32(35)45(17-38(52)64-21-60-26(4)48)18-39(53)65-22-61-27(5)49/h6-7,10-14,41-42,55H,8-9,15-22H2,1-5H3,(H,43,54)/b30-13+. The first-order valence-electron chi connectivity index (χ1n) is 19.4. The van der Waals surface area contributed by atoms with Crippen molar-refractivity contribution >= 4 is 82.1 Å². The lowest BCUT2D eigenvalue weighted by atomic mass is 10.2. The largest absolute Gasteiger partial charge is 0.488 e. The van der Waals surface area contributed by atoms with Crippen LogP contribution in [0.15, 0.2) is 46.5 Å². The summed E-state index contributed by atoms with van der Waals surface area (Å²) in [6, 6.07) is 9.22. The Labute approximate surface area is 374 Å². The SMILES string of the molecule is CC(=O)OCOC(=O)CN(CC(=O)OCOC(C)=O)c1ccc(C)cc1OCCOc1cc2cc(/C=C3/NC(O)NC3=O)oc2cc1N(CC(=O)OCOC(C)=O)CC(=O)OCOC(C)=O. The van der Waals surface area contributed by atoms with Crippen LogP contribution in [0.4, 0.5) is 11.4 Å². The van der Waals surface area contributed by atoms with E-state index >= 15 is 0 Å². The number of amides is 1. The van der Waals surface area contributed by atoms with E-state index < -0.39 is 113 Å². The summed E-state index contributed by atoms with van der Waals surface area (Å²) >= 11 is 0. The predicted molar refractivity (Wildman–Crippen MR) is 219 cm³/mol. The minimum atomic E-state index is -1.33. The van der Waals surface area contributed by atoms with Crippen LogP contribution in [-0.4, -0.2) is 132 Å². The smallest absolute Gasteiger partial charge is 0.328 e. The normalized spacial score (nSPS) is 13.3. The van der Waals surface area contributed by atoms with Crippen molar-refractivity contribution in [1.82, 2.24) is 10.6 Å². The highest BCUT2D eigenvalue weighted by Gasteiger charge is 2.26. The molecule has 66 heavy (non-hydrogen) atoms. The van der Waals surface area contributed by atoms with E-state index in [0.29, 0.717) is 10.9 Å². The molecule has 4 rings (SSSR count). The van der Waals surface area contributed by atoms with Gasteiger partial charge in [-0.1, -0.05) is 6.07 Å². The lowest BCUT2D eigenvalue weighted by Crippen LogP contribution is -2.37. The fourth-order valence-electron chi connectivity index (χ4n) is 5.48. The fourth-order valence-corrected chi connectivity index (χ4v) is 5.48. The van der Waals surface area contributed by atoms with Crippen LogP contribution in [0.1, 0.15) is 39.0 Å². The maximum Gasteiger partial charge on any atom is 0.328 e. The number of anilines is 2. The van der Waals surface area contributed by atoms with Gasteiger partial charge in [0, 0.05) is 45.2 Å². The third kappa shape index (κ3) is 16.9. The number of benzene rings is 2. The monoisotopic (exact) mass is 930 g/mol. The molecule has 1 unspecified atom stereocenters. The zero-order chi connectivity index (χ0) is 48.3. The number of ether oxygens (including phenoxy) is 10. The van der Waals surface area contributed by atoms with Gasteiger partial charge in [-0.05, 0) is 36.8 Å². The summed E-state index contributed by atoms with van der Waals surface area (Å²) in [7, 11) is 0. The van der Waals surface area contributed by atoms with Gasteiger partial charge in [-0.2, -0.15) is 0 Å². The van der Waals surface area contributed by atoms with Gasteiger partial charge in [-0.25, -0.2) is 0 Å². The second kappa shape index (κ2) is 24.7. The number of aryl methyl sites for hydroxylation is 1. The first-order valence-corrected chi connectivity index (χ1v) is 19.4. The maximum atomic E-state index is 13.0. The summed E-state index contributed by atoms with van der Waals surface area (Å²) in [6.45, 7) is 0.336. The zero-order valence-electron chi connectivity index (χ0n) is 36.2. The van der Waals surface area contributed by atoms with Gasteiger partial charge >= 0.3 is 47.8 Å². The van der Waals surface area contributed by atoms with E-state index in [4.69, 9.17) is 42.3 Å². The molecule has 2 heterocycles. The minimum absolute atomic E-state index is 0.0186. The van der Waals surface area contributed by atoms with E-state index in [1.165, 1.54) is 34.1 Å². The Balaban J connectivity index is 1.66. The summed E-state index contributed by atoms with van der Waals surface area (Å²) in [5, 5.41) is 15.0. The average Bonchev–Trinajstić information content (AvgIpc) is 3.77. The molecule has 1 aromatic heterocycles. The average molecular weight is 931 g/mol. The number of aliphatic hydroxyl groups is 1. The van der Waals surface area contributed by atoms with Gasteiger partial charge in [-0.15, -0.1) is 0 Å². The molecule has 25 nitrogen and oxygen atoms in total. The summed E-state index contributed by atoms with van der Waals surface area (Å²) in [6.07, 6.45) is -0.0148. The van der Waals surface area contributed by atoms with Crippen molar-refractivity contribution in [2.24, 2.45) is 0 Å². The van der Waals surface area contributed by atoms with E-state index in [0.717, 1.165) is 27.7 Å². The first kappa shape index (κ1) is 50.6. The Hall–Kier alpha value is -8.09. The van der Waals surface area contributed by atoms with Crippen LogP contribution in [0.3, 0.4) is 0 Å². The molecule has 1 aliphatic rings. The number of furan rings is 1. The van der Waals surface area contributed by atoms with Crippen LogP contribution >= 0.6 is 0 Å². The highest BCUT2D eigenvalue weighted by atomic mass is 16.7. The van der Waals surface area contributed by atoms with E-state index in [9.17, 15) is 48.3 Å². The van der Waals surface area contributed by atoms with Crippen molar-refractivity contribution in [2.45, 2.75) is 41.0 Å². The summed E-state index contributed by atoms with van der Waals surface area (Å²) in [4.78, 5) is 111. The highest BCUT2D eigenvalue weighted by Crippen LogP contribution is 2.36. The molecule has 0 bridgehead atoms. The van der Waals surface area contributed by atoms with E-state index in [-0.39, 0.29) is 53.1 Å². The number of carbonyl (C=O) groups is 9. The Morgan fingerprint density at radius 3 is 1.47 bits per heavy atom. The first-order chi connectivity index (χ1) is 31.4. The topological polar surface area (TPSA) is 310 Å². The number of hydrogen-bond acceptors (Lipinski definition) is 24. The molecule has 3 aromatic rings. The fraction of sp³-hybridized carbons (Fsp3) is 0.390. The molecular formula is C41H46N4O21. The summed E-state index contributed by atoms with van der Waals surface area (Å²) < 4.78 is 56.9. The van der Waals surface area contributed by atoms with Crippen LogP contribution in [-0.2, 0) is 81.0 Å². The van der Waals surface area contributed by atoms with Crippen molar-refractivity contribution in [2.75, 3.05) is 76.4 Å². The quantitative estimate of drug-likeness (QED) is 0.0360. The molecule has 2 aromatic carbocycles. The second-order valence-corrected chi connectivity index (χ2v) is 13.5.